The van der Waals surface area contributed by atoms with E-state index in [1.54, 1.807) is 6.07 Å². The molecule has 0 spiro atoms. The molecule has 1 aromatic heterocycles. The van der Waals surface area contributed by atoms with Crippen LogP contribution in [0.5, 0.6) is 0 Å². The Hall–Kier alpha value is -0.780. The van der Waals surface area contributed by atoms with Crippen molar-refractivity contribution in [2.45, 2.75) is 23.8 Å². The third-order valence-corrected chi connectivity index (χ3v) is 3.46. The summed E-state index contributed by atoms with van der Waals surface area (Å²) in [5.41, 5.74) is -0.827. The van der Waals surface area contributed by atoms with Crippen LogP contribution in [0.2, 0.25) is 0 Å². The molecule has 1 aromatic rings. The second-order valence-electron chi connectivity index (χ2n) is 4.06. The zero-order chi connectivity index (χ0) is 12.5. The normalized spacial score (nSPS) is 21.6. The van der Waals surface area contributed by atoms with E-state index >= 15 is 0 Å². The summed E-state index contributed by atoms with van der Waals surface area (Å²) in [6.45, 7) is 1.46. The molecule has 1 saturated heterocycles. The monoisotopic (exact) mass is 308 g/mol. The highest BCUT2D eigenvalue weighted by molar-refractivity contribution is 9.09. The molecule has 0 saturated carbocycles. The average Bonchev–Trinajstić information content (AvgIpc) is 2.28. The summed E-state index contributed by atoms with van der Waals surface area (Å²) in [5.74, 6) is 0.406. The number of rotatable bonds is 1. The SMILES string of the molecule is FC(F)(F)c1cccc(N2CCCC(Br)C2)n1. The molecule has 17 heavy (non-hydrogen) atoms. The van der Waals surface area contributed by atoms with Crippen LogP contribution in [0, 0.1) is 0 Å². The zero-order valence-electron chi connectivity index (χ0n) is 9.04. The lowest BCUT2D eigenvalue weighted by molar-refractivity contribution is -0.141. The number of nitrogens with zero attached hydrogens (tertiary/aromatic N) is 2. The summed E-state index contributed by atoms with van der Waals surface area (Å²) in [6, 6.07) is 4.03. The molecule has 1 unspecified atom stereocenters. The largest absolute Gasteiger partial charge is 0.433 e. The van der Waals surface area contributed by atoms with E-state index in [9.17, 15) is 13.2 Å². The predicted molar refractivity (Wildman–Crippen MR) is 63.4 cm³/mol. The van der Waals surface area contributed by atoms with Crippen molar-refractivity contribution in [3.8, 4) is 0 Å². The fraction of sp³-hybridized carbons (Fsp3) is 0.545. The molecule has 0 amide bonds. The van der Waals surface area contributed by atoms with Crippen molar-refractivity contribution < 1.29 is 13.2 Å². The quantitative estimate of drug-likeness (QED) is 0.739. The molecule has 0 N–H and O–H groups in total. The van der Waals surface area contributed by atoms with Gasteiger partial charge in [0.15, 0.2) is 0 Å². The first-order valence-corrected chi connectivity index (χ1v) is 6.31. The number of piperidine rings is 1. The van der Waals surface area contributed by atoms with Crippen molar-refractivity contribution in [2.75, 3.05) is 18.0 Å². The Morgan fingerprint density at radius 3 is 2.76 bits per heavy atom. The van der Waals surface area contributed by atoms with E-state index < -0.39 is 11.9 Å². The van der Waals surface area contributed by atoms with Crippen LogP contribution in [0.4, 0.5) is 19.0 Å². The van der Waals surface area contributed by atoms with Gasteiger partial charge in [0.2, 0.25) is 0 Å². The van der Waals surface area contributed by atoms with Gasteiger partial charge in [-0.05, 0) is 25.0 Å². The number of hydrogen-bond donors (Lipinski definition) is 0. The van der Waals surface area contributed by atoms with E-state index in [0.29, 0.717) is 17.2 Å². The molecule has 1 fully saturated rings. The summed E-state index contributed by atoms with van der Waals surface area (Å²) >= 11 is 3.49. The molecule has 1 aliphatic rings. The van der Waals surface area contributed by atoms with Crippen molar-refractivity contribution in [1.82, 2.24) is 4.98 Å². The highest BCUT2D eigenvalue weighted by atomic mass is 79.9. The number of anilines is 1. The first kappa shape index (κ1) is 12.7. The van der Waals surface area contributed by atoms with E-state index in [4.69, 9.17) is 0 Å². The van der Waals surface area contributed by atoms with Crippen LogP contribution < -0.4 is 4.90 Å². The van der Waals surface area contributed by atoms with E-state index in [2.05, 4.69) is 20.9 Å². The predicted octanol–water partition coefficient (Wildman–Crippen LogP) is 3.46. The first-order chi connectivity index (χ1) is 7.97. The third kappa shape index (κ3) is 3.12. The number of aromatic nitrogens is 1. The van der Waals surface area contributed by atoms with Gasteiger partial charge < -0.3 is 4.90 Å². The minimum absolute atomic E-state index is 0.326. The van der Waals surface area contributed by atoms with Crippen molar-refractivity contribution in [3.05, 3.63) is 23.9 Å². The highest BCUT2D eigenvalue weighted by Crippen LogP contribution is 2.29. The number of pyridine rings is 1. The topological polar surface area (TPSA) is 16.1 Å². The summed E-state index contributed by atoms with van der Waals surface area (Å²) in [4.78, 5) is 5.90. The van der Waals surface area contributed by atoms with Gasteiger partial charge in [0.1, 0.15) is 11.5 Å². The van der Waals surface area contributed by atoms with Crippen LogP contribution in [-0.4, -0.2) is 22.9 Å². The van der Waals surface area contributed by atoms with Gasteiger partial charge >= 0.3 is 6.18 Å². The molecular formula is C11H12BrF3N2. The molecular weight excluding hydrogens is 297 g/mol. The lowest BCUT2D eigenvalue weighted by Crippen LogP contribution is -2.36. The second-order valence-corrected chi connectivity index (χ2v) is 5.36. The van der Waals surface area contributed by atoms with Gasteiger partial charge in [-0.25, -0.2) is 4.98 Å². The van der Waals surface area contributed by atoms with Crippen LogP contribution in [0.15, 0.2) is 18.2 Å². The molecule has 6 heteroatoms. The van der Waals surface area contributed by atoms with Crippen LogP contribution in [0.25, 0.3) is 0 Å². The molecule has 0 radical (unpaired) electrons. The molecule has 94 valence electrons. The van der Waals surface area contributed by atoms with Crippen LogP contribution >= 0.6 is 15.9 Å². The molecule has 1 atom stereocenters. The Morgan fingerprint density at radius 1 is 1.35 bits per heavy atom. The third-order valence-electron chi connectivity index (χ3n) is 2.71. The Bertz CT molecular complexity index is 395. The van der Waals surface area contributed by atoms with Crippen molar-refractivity contribution in [2.24, 2.45) is 0 Å². The maximum atomic E-state index is 12.5. The van der Waals surface area contributed by atoms with Gasteiger partial charge in [-0.1, -0.05) is 22.0 Å². The van der Waals surface area contributed by atoms with Crippen molar-refractivity contribution >= 4 is 21.7 Å². The van der Waals surface area contributed by atoms with E-state index in [0.717, 1.165) is 25.5 Å². The van der Waals surface area contributed by atoms with Crippen LogP contribution in [0.3, 0.4) is 0 Å². The Labute approximate surface area is 106 Å². The fourth-order valence-corrected chi connectivity index (χ4v) is 2.56. The maximum Gasteiger partial charge on any atom is 0.433 e. The number of alkyl halides is 4. The molecule has 0 bridgehead atoms. The summed E-state index contributed by atoms with van der Waals surface area (Å²) in [5, 5.41) is 0. The van der Waals surface area contributed by atoms with Crippen LogP contribution in [-0.2, 0) is 6.18 Å². The summed E-state index contributed by atoms with van der Waals surface area (Å²) in [6.07, 6.45) is -2.36. The summed E-state index contributed by atoms with van der Waals surface area (Å²) < 4.78 is 37.6. The average molecular weight is 309 g/mol. The minimum Gasteiger partial charge on any atom is -0.355 e. The number of halogens is 4. The van der Waals surface area contributed by atoms with E-state index in [-0.39, 0.29) is 0 Å². The Balaban J connectivity index is 2.21. The lowest BCUT2D eigenvalue weighted by atomic mass is 10.1. The maximum absolute atomic E-state index is 12.5. The zero-order valence-corrected chi connectivity index (χ0v) is 10.6. The molecule has 1 aliphatic heterocycles. The molecule has 0 aliphatic carbocycles. The van der Waals surface area contributed by atoms with E-state index in [1.165, 1.54) is 6.07 Å². The van der Waals surface area contributed by atoms with Crippen molar-refractivity contribution in [1.29, 1.82) is 0 Å². The molecule has 2 rings (SSSR count). The summed E-state index contributed by atoms with van der Waals surface area (Å²) in [7, 11) is 0. The number of hydrogen-bond acceptors (Lipinski definition) is 2. The Morgan fingerprint density at radius 2 is 2.12 bits per heavy atom. The van der Waals surface area contributed by atoms with Gasteiger partial charge in [0.25, 0.3) is 0 Å². The van der Waals surface area contributed by atoms with Crippen LogP contribution in [0.1, 0.15) is 18.5 Å². The highest BCUT2D eigenvalue weighted by Gasteiger charge is 2.33. The van der Waals surface area contributed by atoms with Gasteiger partial charge in [-0.2, -0.15) is 13.2 Å². The Kier molecular flexibility index (Phi) is 3.61. The molecule has 2 heterocycles. The smallest absolute Gasteiger partial charge is 0.355 e. The lowest BCUT2D eigenvalue weighted by Gasteiger charge is -2.31. The second kappa shape index (κ2) is 4.84. The first-order valence-electron chi connectivity index (χ1n) is 5.40. The van der Waals surface area contributed by atoms with Gasteiger partial charge in [0, 0.05) is 17.9 Å². The molecule has 0 aromatic carbocycles. The van der Waals surface area contributed by atoms with Gasteiger partial charge in [-0.15, -0.1) is 0 Å². The minimum atomic E-state index is -4.38. The van der Waals surface area contributed by atoms with E-state index in [1.807, 2.05) is 4.90 Å². The van der Waals surface area contributed by atoms with Gasteiger partial charge in [-0.3, -0.25) is 0 Å². The molecule has 2 nitrogen and oxygen atoms in total. The van der Waals surface area contributed by atoms with Gasteiger partial charge in [0.05, 0.1) is 0 Å². The standard InChI is InChI=1S/C11H12BrF3N2/c12-8-3-2-6-17(7-8)10-5-1-4-9(16-10)11(13,14)15/h1,4-5,8H,2-3,6-7H2. The fourth-order valence-electron chi connectivity index (χ4n) is 1.89. The van der Waals surface area contributed by atoms with Crippen molar-refractivity contribution in [3.63, 3.8) is 0 Å².